The average molecular weight is 442 g/mol. The highest BCUT2D eigenvalue weighted by molar-refractivity contribution is 7.90. The summed E-state index contributed by atoms with van der Waals surface area (Å²) in [4.78, 5) is 9.35. The molecule has 3 heterocycles. The molecule has 0 radical (unpaired) electrons. The molecule has 2 aliphatic rings. The van der Waals surface area contributed by atoms with Gasteiger partial charge in [-0.1, -0.05) is 37.8 Å². The van der Waals surface area contributed by atoms with Crippen molar-refractivity contribution in [1.82, 2.24) is 15.3 Å². The van der Waals surface area contributed by atoms with Crippen LogP contribution in [0.25, 0.3) is 5.70 Å². The molecule has 1 saturated carbocycles. The molecule has 1 fully saturated rings. The second-order valence-corrected chi connectivity index (χ2v) is 11.0. The van der Waals surface area contributed by atoms with Crippen LogP contribution in [0.2, 0.25) is 0 Å². The number of nitrogens with zero attached hydrogens (tertiary/aromatic N) is 2. The second kappa shape index (κ2) is 9.09. The van der Waals surface area contributed by atoms with Gasteiger partial charge in [0, 0.05) is 36.3 Å². The summed E-state index contributed by atoms with van der Waals surface area (Å²) in [5, 5.41) is 13.4. The SMILES string of the molecule is CC(O)c1ccc(C2=CCC(C(CC3CCCC3)c3ccc(S(C)(=O)=O)cn3)N2)nc1. The first-order valence-corrected chi connectivity index (χ1v) is 13.0. The Morgan fingerprint density at radius 1 is 1.13 bits per heavy atom. The van der Waals surface area contributed by atoms with Crippen molar-refractivity contribution >= 4 is 15.5 Å². The summed E-state index contributed by atoms with van der Waals surface area (Å²) in [6.07, 6.45) is 13.1. The van der Waals surface area contributed by atoms with Gasteiger partial charge in [-0.2, -0.15) is 0 Å². The minimum absolute atomic E-state index is 0.199. The molecule has 0 aromatic carbocycles. The fraction of sp³-hybridized carbons (Fsp3) is 0.500. The zero-order valence-electron chi connectivity index (χ0n) is 18.2. The minimum Gasteiger partial charge on any atom is -0.389 e. The second-order valence-electron chi connectivity index (χ2n) is 8.94. The van der Waals surface area contributed by atoms with E-state index in [1.807, 2.05) is 18.2 Å². The van der Waals surface area contributed by atoms with E-state index in [9.17, 15) is 13.5 Å². The maximum atomic E-state index is 11.8. The zero-order valence-corrected chi connectivity index (χ0v) is 19.0. The largest absolute Gasteiger partial charge is 0.389 e. The molecule has 0 spiro atoms. The Kier molecular flexibility index (Phi) is 6.44. The van der Waals surface area contributed by atoms with Crippen LogP contribution in [0.15, 0.2) is 47.6 Å². The lowest BCUT2D eigenvalue weighted by molar-refractivity contribution is 0.199. The van der Waals surface area contributed by atoms with Crippen LogP contribution in [0.5, 0.6) is 0 Å². The molecule has 1 aliphatic heterocycles. The van der Waals surface area contributed by atoms with E-state index < -0.39 is 15.9 Å². The van der Waals surface area contributed by atoms with Crippen LogP contribution in [0, 0.1) is 5.92 Å². The predicted octanol–water partition coefficient (Wildman–Crippen LogP) is 4.00. The predicted molar refractivity (Wildman–Crippen MR) is 121 cm³/mol. The molecule has 7 heteroatoms. The van der Waals surface area contributed by atoms with Gasteiger partial charge in [0.05, 0.1) is 22.4 Å². The average Bonchev–Trinajstić information content (AvgIpc) is 3.44. The van der Waals surface area contributed by atoms with Crippen LogP contribution in [0.1, 0.15) is 74.4 Å². The first-order valence-electron chi connectivity index (χ1n) is 11.1. The van der Waals surface area contributed by atoms with E-state index in [1.54, 1.807) is 19.2 Å². The number of sulfone groups is 1. The summed E-state index contributed by atoms with van der Waals surface area (Å²) in [5.74, 6) is 0.901. The van der Waals surface area contributed by atoms with Crippen molar-refractivity contribution in [1.29, 1.82) is 0 Å². The Morgan fingerprint density at radius 3 is 2.48 bits per heavy atom. The minimum atomic E-state index is -3.26. The molecule has 1 aliphatic carbocycles. The van der Waals surface area contributed by atoms with Crippen LogP contribution in [0.3, 0.4) is 0 Å². The number of hydrogen-bond donors (Lipinski definition) is 2. The number of pyridine rings is 2. The summed E-state index contributed by atoms with van der Waals surface area (Å²) in [7, 11) is -3.26. The monoisotopic (exact) mass is 441 g/mol. The number of aromatic nitrogens is 2. The lowest BCUT2D eigenvalue weighted by Crippen LogP contribution is -2.31. The topological polar surface area (TPSA) is 92.2 Å². The van der Waals surface area contributed by atoms with E-state index in [1.165, 1.54) is 38.1 Å². The first kappa shape index (κ1) is 22.0. The van der Waals surface area contributed by atoms with Crippen molar-refractivity contribution < 1.29 is 13.5 Å². The maximum absolute atomic E-state index is 11.8. The van der Waals surface area contributed by atoms with E-state index in [-0.39, 0.29) is 16.9 Å². The highest BCUT2D eigenvalue weighted by Crippen LogP contribution is 2.38. The van der Waals surface area contributed by atoms with Gasteiger partial charge >= 0.3 is 0 Å². The van der Waals surface area contributed by atoms with Gasteiger partial charge in [0.15, 0.2) is 9.84 Å². The van der Waals surface area contributed by atoms with E-state index in [4.69, 9.17) is 0 Å². The van der Waals surface area contributed by atoms with Crippen LogP contribution < -0.4 is 5.32 Å². The molecule has 31 heavy (non-hydrogen) atoms. The van der Waals surface area contributed by atoms with E-state index in [2.05, 4.69) is 21.4 Å². The molecule has 2 N–H and O–H groups in total. The standard InChI is InChI=1S/C24H31N3O3S/c1-16(28)18-7-9-23(25-14-18)24-12-11-22(27-24)20(13-17-5-3-4-6-17)21-10-8-19(15-26-21)31(2,29)30/h7-10,12,14-17,20,22,27-28H,3-6,11,13H2,1-2H3. The molecular formula is C24H31N3O3S. The van der Waals surface area contributed by atoms with E-state index in [0.717, 1.165) is 35.5 Å². The maximum Gasteiger partial charge on any atom is 0.177 e. The molecule has 3 atom stereocenters. The Balaban J connectivity index is 1.53. The molecule has 2 aromatic rings. The molecule has 6 nitrogen and oxygen atoms in total. The molecule has 0 bridgehead atoms. The van der Waals surface area contributed by atoms with Crippen molar-refractivity contribution in [2.24, 2.45) is 5.92 Å². The van der Waals surface area contributed by atoms with Crippen molar-refractivity contribution in [2.45, 2.75) is 68.4 Å². The Hall–Kier alpha value is -2.25. The normalized spacial score (nSPS) is 21.5. The van der Waals surface area contributed by atoms with Gasteiger partial charge in [-0.15, -0.1) is 0 Å². The van der Waals surface area contributed by atoms with Crippen molar-refractivity contribution in [2.75, 3.05) is 6.26 Å². The van der Waals surface area contributed by atoms with Crippen LogP contribution >= 0.6 is 0 Å². The summed E-state index contributed by atoms with van der Waals surface area (Å²) in [5.41, 5.74) is 3.62. The summed E-state index contributed by atoms with van der Waals surface area (Å²) < 4.78 is 23.7. The number of hydrogen-bond acceptors (Lipinski definition) is 6. The smallest absolute Gasteiger partial charge is 0.177 e. The van der Waals surface area contributed by atoms with Gasteiger partial charge in [0.2, 0.25) is 0 Å². The fourth-order valence-corrected chi connectivity index (χ4v) is 5.30. The van der Waals surface area contributed by atoms with Crippen LogP contribution in [-0.2, 0) is 9.84 Å². The highest BCUT2D eigenvalue weighted by atomic mass is 32.2. The Morgan fingerprint density at radius 2 is 1.90 bits per heavy atom. The molecular weight excluding hydrogens is 410 g/mol. The third kappa shape index (κ3) is 5.15. The van der Waals surface area contributed by atoms with E-state index in [0.29, 0.717) is 5.92 Å². The van der Waals surface area contributed by atoms with Gasteiger partial charge in [-0.25, -0.2) is 8.42 Å². The summed E-state index contributed by atoms with van der Waals surface area (Å²) in [6.45, 7) is 1.73. The van der Waals surface area contributed by atoms with Crippen LogP contribution in [-0.4, -0.2) is 35.8 Å². The highest BCUT2D eigenvalue weighted by Gasteiger charge is 2.31. The van der Waals surface area contributed by atoms with Gasteiger partial charge < -0.3 is 10.4 Å². The third-order valence-electron chi connectivity index (χ3n) is 6.58. The molecule has 3 unspecified atom stereocenters. The van der Waals surface area contributed by atoms with Gasteiger partial charge in [0.1, 0.15) is 0 Å². The number of nitrogens with one attached hydrogen (secondary N) is 1. The summed E-state index contributed by atoms with van der Waals surface area (Å²) in [6, 6.07) is 7.61. The number of aliphatic hydroxyl groups is 1. The lowest BCUT2D eigenvalue weighted by atomic mass is 9.84. The first-order chi connectivity index (χ1) is 14.8. The van der Waals surface area contributed by atoms with Crippen molar-refractivity contribution in [3.63, 3.8) is 0 Å². The lowest BCUT2D eigenvalue weighted by Gasteiger charge is -2.27. The van der Waals surface area contributed by atoms with Crippen molar-refractivity contribution in [3.05, 3.63) is 59.7 Å². The van der Waals surface area contributed by atoms with Gasteiger partial charge in [-0.3, -0.25) is 9.97 Å². The van der Waals surface area contributed by atoms with Gasteiger partial charge in [-0.05, 0) is 49.4 Å². The quantitative estimate of drug-likeness (QED) is 0.675. The van der Waals surface area contributed by atoms with Crippen molar-refractivity contribution in [3.8, 4) is 0 Å². The van der Waals surface area contributed by atoms with E-state index >= 15 is 0 Å². The molecule has 0 amide bonds. The van der Waals surface area contributed by atoms with Crippen LogP contribution in [0.4, 0.5) is 0 Å². The Bertz CT molecular complexity index is 1020. The third-order valence-corrected chi connectivity index (χ3v) is 7.67. The molecule has 0 saturated heterocycles. The number of rotatable bonds is 7. The Labute approximate surface area is 184 Å². The molecule has 2 aromatic heterocycles. The number of aliphatic hydroxyl groups excluding tert-OH is 1. The van der Waals surface area contributed by atoms with Gasteiger partial charge in [0.25, 0.3) is 0 Å². The fourth-order valence-electron chi connectivity index (χ4n) is 4.74. The summed E-state index contributed by atoms with van der Waals surface area (Å²) >= 11 is 0. The molecule has 4 rings (SSSR count). The molecule has 166 valence electrons. The zero-order chi connectivity index (χ0) is 22.0.